The normalized spacial score (nSPS) is 16.7. The van der Waals surface area contributed by atoms with Gasteiger partial charge in [-0.15, -0.1) is 0 Å². The Labute approximate surface area is 329 Å². The van der Waals surface area contributed by atoms with Gasteiger partial charge in [0.2, 0.25) is 0 Å². The molecule has 0 radical (unpaired) electrons. The van der Waals surface area contributed by atoms with Crippen molar-refractivity contribution in [2.24, 2.45) is 11.8 Å². The van der Waals surface area contributed by atoms with Gasteiger partial charge in [0.15, 0.2) is 11.6 Å². The summed E-state index contributed by atoms with van der Waals surface area (Å²) in [5.41, 5.74) is 4.34. The molecule has 0 aliphatic carbocycles. The minimum absolute atomic E-state index is 0.0710. The molecule has 8 heteroatoms. The number of hydrogen-bond donors (Lipinski definition) is 1. The van der Waals surface area contributed by atoms with E-state index in [1.165, 1.54) is 76.1 Å². The number of nitrogens with one attached hydrogen (secondary N) is 1. The number of hydrogen-bond acceptors (Lipinski definition) is 5. The van der Waals surface area contributed by atoms with Crippen LogP contribution in [-0.2, 0) is 12.8 Å². The lowest BCUT2D eigenvalue weighted by Crippen LogP contribution is -2.39. The summed E-state index contributed by atoms with van der Waals surface area (Å²) < 4.78 is 0. The van der Waals surface area contributed by atoms with E-state index in [1.807, 2.05) is 12.1 Å². The number of ketones is 2. The summed E-state index contributed by atoms with van der Waals surface area (Å²) >= 11 is 14.6. The number of benzene rings is 4. The molecule has 0 saturated carbocycles. The number of likely N-dealkylation sites (tertiary alicyclic amines) is 1. The van der Waals surface area contributed by atoms with Gasteiger partial charge in [-0.2, -0.15) is 5.26 Å². The second-order valence-corrected chi connectivity index (χ2v) is 14.7. The zero-order valence-corrected chi connectivity index (χ0v) is 33.4. The van der Waals surface area contributed by atoms with Crippen molar-refractivity contribution in [2.75, 3.05) is 38.1 Å². The minimum Gasteiger partial charge on any atom is -0.316 e. The Morgan fingerprint density at radius 2 is 1.23 bits per heavy atom. The summed E-state index contributed by atoms with van der Waals surface area (Å²) in [6.07, 6.45) is 10.2. The number of carbonyl (C=O) groups is 2. The minimum atomic E-state index is 0.0710. The number of halogens is 3. The largest absolute Gasteiger partial charge is 0.316 e. The molecule has 2 saturated heterocycles. The number of nitrogens with zero attached hydrogens (tertiary/aromatic N) is 2. The van der Waals surface area contributed by atoms with Gasteiger partial charge in [-0.3, -0.25) is 14.5 Å². The lowest BCUT2D eigenvalue weighted by Gasteiger charge is -2.32. The van der Waals surface area contributed by atoms with Crippen LogP contribution in [0.5, 0.6) is 0 Å². The summed E-state index contributed by atoms with van der Waals surface area (Å²) in [5, 5.41) is 12.5. The molecule has 0 bridgehead atoms. The number of alkyl halides is 1. The van der Waals surface area contributed by atoms with Crippen LogP contribution in [0.15, 0.2) is 109 Å². The highest BCUT2D eigenvalue weighted by atomic mass is 79.9. The van der Waals surface area contributed by atoms with Crippen LogP contribution < -0.4 is 5.32 Å². The summed E-state index contributed by atoms with van der Waals surface area (Å²) in [7, 11) is 0. The van der Waals surface area contributed by atoms with Crippen molar-refractivity contribution in [3.63, 3.8) is 0 Å². The average Bonchev–Trinajstić information content (AvgIpc) is 3.19. The zero-order chi connectivity index (χ0) is 37.4. The maximum atomic E-state index is 12.4. The molecule has 2 heterocycles. The van der Waals surface area contributed by atoms with Crippen molar-refractivity contribution in [1.82, 2.24) is 10.2 Å². The molecule has 4 aromatic carbocycles. The topological polar surface area (TPSA) is 73.2 Å². The molecule has 1 N–H and O–H groups in total. The summed E-state index contributed by atoms with van der Waals surface area (Å²) in [5.74, 6) is 1.86. The molecule has 4 aromatic rings. The third-order valence-electron chi connectivity index (χ3n) is 9.19. The number of carbonyl (C=O) groups excluding carboxylic acids is 2. The second kappa shape index (κ2) is 25.6. The van der Waals surface area contributed by atoms with Crippen LogP contribution in [0, 0.1) is 23.2 Å². The van der Waals surface area contributed by atoms with E-state index in [4.69, 9.17) is 28.5 Å². The van der Waals surface area contributed by atoms with Crippen molar-refractivity contribution >= 4 is 50.7 Å². The van der Waals surface area contributed by atoms with E-state index >= 15 is 0 Å². The fourth-order valence-corrected chi connectivity index (χ4v) is 6.95. The van der Waals surface area contributed by atoms with E-state index in [-0.39, 0.29) is 11.6 Å². The molecular formula is C44H52BrCl2N3O2. The molecule has 2 aliphatic heterocycles. The lowest BCUT2D eigenvalue weighted by atomic mass is 9.91. The van der Waals surface area contributed by atoms with Crippen molar-refractivity contribution < 1.29 is 9.59 Å². The molecule has 6 rings (SSSR count). The van der Waals surface area contributed by atoms with Gasteiger partial charge in [0.25, 0.3) is 0 Å². The van der Waals surface area contributed by atoms with Gasteiger partial charge >= 0.3 is 0 Å². The van der Waals surface area contributed by atoms with E-state index in [1.54, 1.807) is 42.5 Å². The Morgan fingerprint density at radius 3 is 1.71 bits per heavy atom. The highest BCUT2D eigenvalue weighted by Gasteiger charge is 2.22. The zero-order valence-electron chi connectivity index (χ0n) is 30.3. The van der Waals surface area contributed by atoms with E-state index < -0.39 is 0 Å². The predicted molar refractivity (Wildman–Crippen MR) is 221 cm³/mol. The van der Waals surface area contributed by atoms with Gasteiger partial charge in [0, 0.05) is 34.6 Å². The molecule has 0 unspecified atom stereocenters. The summed E-state index contributed by atoms with van der Waals surface area (Å²) in [6, 6.07) is 37.3. The molecule has 5 nitrogen and oxygen atoms in total. The number of piperidine rings is 2. The van der Waals surface area contributed by atoms with Gasteiger partial charge in [0.1, 0.15) is 0 Å². The Morgan fingerprint density at radius 1 is 0.750 bits per heavy atom. The van der Waals surface area contributed by atoms with Crippen LogP contribution in [0.1, 0.15) is 77.3 Å². The van der Waals surface area contributed by atoms with Gasteiger partial charge in [-0.1, -0.05) is 99.8 Å². The average molecular weight is 806 g/mol. The fourth-order valence-electron chi connectivity index (χ4n) is 6.37. The van der Waals surface area contributed by atoms with Crippen molar-refractivity contribution in [3.8, 4) is 6.07 Å². The molecule has 0 aromatic heterocycles. The van der Waals surface area contributed by atoms with Crippen molar-refractivity contribution in [3.05, 3.63) is 141 Å². The monoisotopic (exact) mass is 803 g/mol. The molecule has 2 atom stereocenters. The van der Waals surface area contributed by atoms with Crippen LogP contribution in [0.3, 0.4) is 0 Å². The van der Waals surface area contributed by atoms with E-state index in [0.717, 1.165) is 31.0 Å². The maximum absolute atomic E-state index is 12.4. The number of aryl methyl sites for hydroxylation is 2. The standard InChI is InChI=1S/C21H24ClNO.C13H19N.C8H6BrClO.C2H3N/c22-20-12-10-19(11-13-20)21(24)16-23-14-4-7-18(15-23)9-8-17-5-2-1-3-6-17;1-2-5-12(6-3-1)8-9-13-7-4-10-14-11-13;9-5-8(11)6-1-3-7(10)4-2-6;1-2-3/h1-3,5-6,10-13,18H,4,7-9,14-16H2;1-3,5-6,13-14H,4,7-11H2;1-4H,5H2;1H3/t18-;13-;;/m00../s1. The maximum Gasteiger partial charge on any atom is 0.176 e. The van der Waals surface area contributed by atoms with E-state index in [0.29, 0.717) is 33.4 Å². The van der Waals surface area contributed by atoms with Gasteiger partial charge < -0.3 is 5.32 Å². The molecule has 0 spiro atoms. The highest BCUT2D eigenvalue weighted by molar-refractivity contribution is 9.09. The van der Waals surface area contributed by atoms with Gasteiger partial charge in [-0.05, 0) is 142 Å². The molecule has 2 aliphatic rings. The first-order valence-electron chi connectivity index (χ1n) is 18.3. The van der Waals surface area contributed by atoms with Crippen molar-refractivity contribution in [1.29, 1.82) is 5.26 Å². The SMILES string of the molecule is CC#N.O=C(CBr)c1ccc(Cl)cc1.O=C(CN1CCC[C@@H](CCc2ccccc2)C1)c1ccc(Cl)cc1.c1ccc(CC[C@@H]2CCCNC2)cc1. The van der Waals surface area contributed by atoms with E-state index in [9.17, 15) is 9.59 Å². The van der Waals surface area contributed by atoms with Crippen LogP contribution in [0.2, 0.25) is 10.0 Å². The Balaban J connectivity index is 0.000000220. The smallest absolute Gasteiger partial charge is 0.176 e. The first-order valence-corrected chi connectivity index (χ1v) is 20.1. The molecule has 2 fully saturated rings. The van der Waals surface area contributed by atoms with Gasteiger partial charge in [-0.25, -0.2) is 0 Å². The quantitative estimate of drug-likeness (QED) is 0.121. The Kier molecular flexibility index (Phi) is 21.2. The van der Waals surface area contributed by atoms with E-state index in [2.05, 4.69) is 86.8 Å². The predicted octanol–water partition coefficient (Wildman–Crippen LogP) is 10.9. The summed E-state index contributed by atoms with van der Waals surface area (Å²) in [4.78, 5) is 25.8. The third kappa shape index (κ3) is 17.5. The molecule has 276 valence electrons. The second-order valence-electron chi connectivity index (χ2n) is 13.2. The van der Waals surface area contributed by atoms with Crippen LogP contribution in [0.25, 0.3) is 0 Å². The van der Waals surface area contributed by atoms with Crippen molar-refractivity contribution in [2.45, 2.75) is 58.3 Å². The molecule has 52 heavy (non-hydrogen) atoms. The van der Waals surface area contributed by atoms with Crippen LogP contribution in [0.4, 0.5) is 0 Å². The number of Topliss-reactive ketones (excluding diaryl/α,β-unsaturated/α-hetero) is 2. The summed E-state index contributed by atoms with van der Waals surface area (Å²) in [6.45, 7) is 6.46. The van der Waals surface area contributed by atoms with Crippen LogP contribution in [-0.4, -0.2) is 54.5 Å². The lowest BCUT2D eigenvalue weighted by molar-refractivity contribution is 0.0882. The fraction of sp³-hybridized carbons (Fsp3) is 0.386. The third-order valence-corrected chi connectivity index (χ3v) is 10.2. The molecule has 0 amide bonds. The van der Waals surface area contributed by atoms with Crippen LogP contribution >= 0.6 is 39.1 Å². The first-order chi connectivity index (χ1) is 25.3. The highest BCUT2D eigenvalue weighted by Crippen LogP contribution is 2.22. The van der Waals surface area contributed by atoms with Gasteiger partial charge in [0.05, 0.1) is 17.9 Å². The Hall–Kier alpha value is -3.31. The number of rotatable bonds is 11. The Bertz CT molecular complexity index is 1610. The molecular weight excluding hydrogens is 753 g/mol. The first kappa shape index (κ1) is 43.1. The number of nitriles is 1.